The van der Waals surface area contributed by atoms with Gasteiger partial charge >= 0.3 is 0 Å². The van der Waals surface area contributed by atoms with Gasteiger partial charge in [0.15, 0.2) is 0 Å². The molecule has 2 nitrogen and oxygen atoms in total. The molecule has 2 N–H and O–H groups in total. The van der Waals surface area contributed by atoms with Crippen molar-refractivity contribution in [3.8, 4) is 0 Å². The van der Waals surface area contributed by atoms with Crippen LogP contribution in [0.4, 0.5) is 5.69 Å². The molecule has 0 bridgehead atoms. The van der Waals surface area contributed by atoms with E-state index in [2.05, 4.69) is 25.2 Å². The van der Waals surface area contributed by atoms with Crippen LogP contribution in [0.25, 0.3) is 0 Å². The van der Waals surface area contributed by atoms with Crippen molar-refractivity contribution in [3.05, 3.63) is 40.9 Å². The first-order valence-electron chi connectivity index (χ1n) is 6.88. The van der Waals surface area contributed by atoms with E-state index in [0.717, 1.165) is 23.6 Å². The fraction of sp³-hybridized carbons (Fsp3) is 0.500. The molecule has 3 unspecified atom stereocenters. The van der Waals surface area contributed by atoms with Gasteiger partial charge in [-0.2, -0.15) is 0 Å². The van der Waals surface area contributed by atoms with Gasteiger partial charge in [0.1, 0.15) is 0 Å². The molecule has 0 saturated carbocycles. The van der Waals surface area contributed by atoms with E-state index in [0.29, 0.717) is 11.8 Å². The highest BCUT2D eigenvalue weighted by molar-refractivity contribution is 6.30. The minimum absolute atomic E-state index is 0.0876. The van der Waals surface area contributed by atoms with Gasteiger partial charge in [0.05, 0.1) is 12.6 Å². The van der Waals surface area contributed by atoms with Gasteiger partial charge in [0, 0.05) is 10.7 Å². The maximum Gasteiger partial charge on any atom is 0.0635 e. The quantitative estimate of drug-likeness (QED) is 0.813. The third-order valence-electron chi connectivity index (χ3n) is 3.77. The second-order valence-corrected chi connectivity index (χ2v) is 6.07. The number of halogens is 1. The second-order valence-electron chi connectivity index (χ2n) is 5.63. The summed E-state index contributed by atoms with van der Waals surface area (Å²) in [5.74, 6) is 1.07. The first-order valence-corrected chi connectivity index (χ1v) is 7.26. The van der Waals surface area contributed by atoms with Crippen LogP contribution in [0.1, 0.15) is 26.7 Å². The van der Waals surface area contributed by atoms with Gasteiger partial charge in [-0.3, -0.25) is 0 Å². The Kier molecular flexibility index (Phi) is 4.89. The molecule has 0 spiro atoms. The Labute approximate surface area is 120 Å². The van der Waals surface area contributed by atoms with Crippen molar-refractivity contribution in [2.24, 2.45) is 11.8 Å². The van der Waals surface area contributed by atoms with Crippen LogP contribution in [0.3, 0.4) is 0 Å². The number of rotatable bonds is 4. The predicted molar refractivity (Wildman–Crippen MR) is 81.6 cm³/mol. The second kappa shape index (κ2) is 6.44. The lowest BCUT2D eigenvalue weighted by molar-refractivity contribution is 0.220. The van der Waals surface area contributed by atoms with Gasteiger partial charge in [-0.1, -0.05) is 36.2 Å². The summed E-state index contributed by atoms with van der Waals surface area (Å²) in [5.41, 5.74) is 2.40. The Morgan fingerprint density at radius 3 is 2.89 bits per heavy atom. The van der Waals surface area contributed by atoms with Crippen LogP contribution in [0.5, 0.6) is 0 Å². The van der Waals surface area contributed by atoms with Gasteiger partial charge in [0.2, 0.25) is 0 Å². The molecule has 0 radical (unpaired) electrons. The monoisotopic (exact) mass is 279 g/mol. The van der Waals surface area contributed by atoms with Gasteiger partial charge < -0.3 is 10.4 Å². The zero-order valence-corrected chi connectivity index (χ0v) is 12.3. The number of hydrogen-bond acceptors (Lipinski definition) is 2. The Morgan fingerprint density at radius 1 is 1.47 bits per heavy atom. The maximum absolute atomic E-state index is 9.67. The highest BCUT2D eigenvalue weighted by atomic mass is 35.5. The standard InChI is InChI=1S/C16H22ClNO/c1-11-6-12(2)8-13(7-11)16(10-19)18-15-5-3-4-14(17)9-15/h3-6,9,11,13,16,18-19H,7-8,10H2,1-2H3. The minimum atomic E-state index is 0.0876. The Balaban J connectivity index is 2.06. The Hall–Kier alpha value is -0.990. The van der Waals surface area contributed by atoms with Crippen LogP contribution in [0.15, 0.2) is 35.9 Å². The first-order chi connectivity index (χ1) is 9.08. The van der Waals surface area contributed by atoms with Crippen LogP contribution in [-0.4, -0.2) is 17.8 Å². The summed E-state index contributed by atoms with van der Waals surface area (Å²) in [5, 5.41) is 13.8. The SMILES string of the molecule is CC1=CC(C)CC(C(CO)Nc2cccc(Cl)c2)C1. The van der Waals surface area contributed by atoms with E-state index in [-0.39, 0.29) is 12.6 Å². The lowest BCUT2D eigenvalue weighted by atomic mass is 9.79. The molecular weight excluding hydrogens is 258 g/mol. The number of anilines is 1. The van der Waals surface area contributed by atoms with Crippen molar-refractivity contribution >= 4 is 17.3 Å². The summed E-state index contributed by atoms with van der Waals surface area (Å²) in [6, 6.07) is 7.76. The van der Waals surface area contributed by atoms with E-state index in [1.165, 1.54) is 5.57 Å². The average molecular weight is 280 g/mol. The Morgan fingerprint density at radius 2 is 2.26 bits per heavy atom. The van der Waals surface area contributed by atoms with Crippen molar-refractivity contribution in [3.63, 3.8) is 0 Å². The van der Waals surface area contributed by atoms with Gasteiger partial charge in [-0.25, -0.2) is 0 Å². The molecule has 1 aromatic carbocycles. The molecule has 0 heterocycles. The lowest BCUT2D eigenvalue weighted by Gasteiger charge is -2.32. The number of aliphatic hydroxyl groups is 1. The molecule has 0 saturated heterocycles. The highest BCUT2D eigenvalue weighted by Crippen LogP contribution is 2.31. The molecule has 3 atom stereocenters. The molecule has 104 valence electrons. The van der Waals surface area contributed by atoms with E-state index in [1.54, 1.807) is 0 Å². The third kappa shape index (κ3) is 3.99. The highest BCUT2D eigenvalue weighted by Gasteiger charge is 2.25. The first kappa shape index (κ1) is 14.4. The smallest absolute Gasteiger partial charge is 0.0635 e. The predicted octanol–water partition coefficient (Wildman–Crippen LogP) is 4.11. The van der Waals surface area contributed by atoms with Crippen molar-refractivity contribution in [1.82, 2.24) is 0 Å². The van der Waals surface area contributed by atoms with Gasteiger partial charge in [-0.15, -0.1) is 0 Å². The van der Waals surface area contributed by atoms with Crippen molar-refractivity contribution in [2.75, 3.05) is 11.9 Å². The number of allylic oxidation sites excluding steroid dienone is 2. The largest absolute Gasteiger partial charge is 0.394 e. The zero-order valence-electron chi connectivity index (χ0n) is 11.6. The molecule has 2 rings (SSSR count). The summed E-state index contributed by atoms with van der Waals surface area (Å²) in [6.45, 7) is 4.57. The van der Waals surface area contributed by atoms with E-state index in [1.807, 2.05) is 24.3 Å². The number of nitrogens with one attached hydrogen (secondary N) is 1. The molecule has 1 aliphatic rings. The summed E-state index contributed by atoms with van der Waals surface area (Å²) < 4.78 is 0. The normalized spacial score (nSPS) is 24.7. The fourth-order valence-corrected chi connectivity index (χ4v) is 3.20. The van der Waals surface area contributed by atoms with Crippen LogP contribution in [-0.2, 0) is 0 Å². The average Bonchev–Trinajstić information content (AvgIpc) is 2.34. The van der Waals surface area contributed by atoms with Crippen molar-refractivity contribution < 1.29 is 5.11 Å². The van der Waals surface area contributed by atoms with E-state index in [9.17, 15) is 5.11 Å². The molecule has 19 heavy (non-hydrogen) atoms. The lowest BCUT2D eigenvalue weighted by Crippen LogP contribution is -2.35. The summed E-state index contributed by atoms with van der Waals surface area (Å²) in [4.78, 5) is 0. The molecular formula is C16H22ClNO. The van der Waals surface area contributed by atoms with Crippen LogP contribution >= 0.6 is 11.6 Å². The molecule has 0 aliphatic heterocycles. The molecule has 1 aromatic rings. The number of benzene rings is 1. The molecule has 0 aromatic heterocycles. The molecule has 0 amide bonds. The van der Waals surface area contributed by atoms with Crippen LogP contribution < -0.4 is 5.32 Å². The summed E-state index contributed by atoms with van der Waals surface area (Å²) >= 11 is 5.99. The topological polar surface area (TPSA) is 32.3 Å². The molecule has 0 fully saturated rings. The summed E-state index contributed by atoms with van der Waals surface area (Å²) in [6.07, 6.45) is 4.52. The van der Waals surface area contributed by atoms with Crippen molar-refractivity contribution in [2.45, 2.75) is 32.7 Å². The fourth-order valence-electron chi connectivity index (χ4n) is 3.01. The van der Waals surface area contributed by atoms with E-state index in [4.69, 9.17) is 11.6 Å². The van der Waals surface area contributed by atoms with E-state index >= 15 is 0 Å². The molecule has 3 heteroatoms. The third-order valence-corrected chi connectivity index (χ3v) is 4.01. The van der Waals surface area contributed by atoms with Gasteiger partial charge in [0.25, 0.3) is 0 Å². The molecule has 1 aliphatic carbocycles. The van der Waals surface area contributed by atoms with Gasteiger partial charge in [-0.05, 0) is 49.8 Å². The Bertz CT molecular complexity index is 458. The van der Waals surface area contributed by atoms with Crippen LogP contribution in [0, 0.1) is 11.8 Å². The van der Waals surface area contributed by atoms with Crippen LogP contribution in [0.2, 0.25) is 5.02 Å². The minimum Gasteiger partial charge on any atom is -0.394 e. The zero-order chi connectivity index (χ0) is 13.8. The number of aliphatic hydroxyl groups excluding tert-OH is 1. The maximum atomic E-state index is 9.67. The number of hydrogen-bond donors (Lipinski definition) is 2. The van der Waals surface area contributed by atoms with E-state index < -0.39 is 0 Å². The summed E-state index contributed by atoms with van der Waals surface area (Å²) in [7, 11) is 0. The van der Waals surface area contributed by atoms with Crippen molar-refractivity contribution in [1.29, 1.82) is 0 Å².